The highest BCUT2D eigenvalue weighted by molar-refractivity contribution is 6.01. The van der Waals surface area contributed by atoms with Crippen LogP contribution in [-0.2, 0) is 4.79 Å². The highest BCUT2D eigenvalue weighted by atomic mass is 16.3. The Balaban J connectivity index is 1.43. The van der Waals surface area contributed by atoms with E-state index >= 15 is 0 Å². The molecule has 2 aromatic rings. The van der Waals surface area contributed by atoms with Gasteiger partial charge in [0, 0.05) is 50.4 Å². The molecule has 0 aromatic heterocycles. The van der Waals surface area contributed by atoms with Gasteiger partial charge in [-0.25, -0.2) is 5.43 Å². The van der Waals surface area contributed by atoms with Gasteiger partial charge >= 0.3 is 0 Å². The number of hydrogen-bond acceptors (Lipinski definition) is 6. The number of phenolic OH excluding ortho intramolecular Hbond substituents is 2. The number of piperazine rings is 1. The first-order valence-electron chi connectivity index (χ1n) is 9.41. The Bertz CT molecular complexity index is 831. The van der Waals surface area contributed by atoms with Crippen LogP contribution in [0.5, 0.6) is 11.5 Å². The van der Waals surface area contributed by atoms with Crippen LogP contribution in [0.2, 0.25) is 0 Å². The third-order valence-corrected chi connectivity index (χ3v) is 4.87. The average Bonchev–Trinajstić information content (AvgIpc) is 2.73. The van der Waals surface area contributed by atoms with Gasteiger partial charge < -0.3 is 15.1 Å². The third-order valence-electron chi connectivity index (χ3n) is 4.87. The Morgan fingerprint density at radius 3 is 2.50 bits per heavy atom. The lowest BCUT2D eigenvalue weighted by Gasteiger charge is -2.36. The zero-order valence-electron chi connectivity index (χ0n) is 16.0. The number of carbonyl (C=O) groups is 1. The van der Waals surface area contributed by atoms with Crippen molar-refractivity contribution in [2.24, 2.45) is 5.10 Å². The summed E-state index contributed by atoms with van der Waals surface area (Å²) < 4.78 is 0. The van der Waals surface area contributed by atoms with E-state index in [2.05, 4.69) is 32.5 Å². The minimum Gasteiger partial charge on any atom is -0.508 e. The number of nitrogens with one attached hydrogen (secondary N) is 1. The van der Waals surface area contributed by atoms with Crippen molar-refractivity contribution in [1.29, 1.82) is 0 Å². The molecule has 1 heterocycles. The molecule has 1 fully saturated rings. The van der Waals surface area contributed by atoms with E-state index in [9.17, 15) is 15.0 Å². The number of aromatic hydroxyl groups is 2. The molecular formula is C21H26N4O3. The molecule has 0 unspecified atom stereocenters. The summed E-state index contributed by atoms with van der Waals surface area (Å²) in [5.74, 6) is -0.141. The maximum absolute atomic E-state index is 12.1. The minimum absolute atomic E-state index is 0.00425. The molecule has 148 valence electrons. The van der Waals surface area contributed by atoms with Crippen molar-refractivity contribution in [3.8, 4) is 11.5 Å². The van der Waals surface area contributed by atoms with E-state index in [1.807, 2.05) is 18.2 Å². The number of hydrazone groups is 1. The molecule has 28 heavy (non-hydrogen) atoms. The van der Waals surface area contributed by atoms with Gasteiger partial charge in [0.1, 0.15) is 11.5 Å². The van der Waals surface area contributed by atoms with Crippen molar-refractivity contribution in [2.45, 2.75) is 13.3 Å². The predicted molar refractivity (Wildman–Crippen MR) is 110 cm³/mol. The number of para-hydroxylation sites is 1. The summed E-state index contributed by atoms with van der Waals surface area (Å²) in [6.45, 7) is 6.07. The van der Waals surface area contributed by atoms with Crippen molar-refractivity contribution in [3.05, 3.63) is 54.1 Å². The molecular weight excluding hydrogens is 356 g/mol. The molecule has 3 N–H and O–H groups in total. The first-order valence-corrected chi connectivity index (χ1v) is 9.41. The van der Waals surface area contributed by atoms with Crippen molar-refractivity contribution in [1.82, 2.24) is 10.3 Å². The summed E-state index contributed by atoms with van der Waals surface area (Å²) in [6.07, 6.45) is 0.355. The Kier molecular flexibility index (Phi) is 6.49. The summed E-state index contributed by atoms with van der Waals surface area (Å²) in [5, 5.41) is 23.4. The monoisotopic (exact) mass is 382 g/mol. The number of hydrogen-bond donors (Lipinski definition) is 3. The van der Waals surface area contributed by atoms with Crippen LogP contribution in [0.3, 0.4) is 0 Å². The van der Waals surface area contributed by atoms with Gasteiger partial charge in [0.25, 0.3) is 0 Å². The molecule has 0 spiro atoms. The maximum atomic E-state index is 12.1. The average molecular weight is 382 g/mol. The van der Waals surface area contributed by atoms with E-state index < -0.39 is 0 Å². The van der Waals surface area contributed by atoms with Gasteiger partial charge in [0.05, 0.1) is 5.71 Å². The van der Waals surface area contributed by atoms with Gasteiger partial charge in [-0.05, 0) is 37.3 Å². The zero-order valence-corrected chi connectivity index (χ0v) is 16.0. The van der Waals surface area contributed by atoms with Gasteiger partial charge in [-0.3, -0.25) is 9.69 Å². The molecule has 1 amide bonds. The molecule has 2 aromatic carbocycles. The lowest BCUT2D eigenvalue weighted by molar-refractivity contribution is -0.121. The highest BCUT2D eigenvalue weighted by Crippen LogP contribution is 2.22. The fourth-order valence-corrected chi connectivity index (χ4v) is 3.20. The van der Waals surface area contributed by atoms with Gasteiger partial charge in [-0.15, -0.1) is 0 Å². The largest absolute Gasteiger partial charge is 0.508 e. The summed E-state index contributed by atoms with van der Waals surface area (Å²) >= 11 is 0. The molecule has 1 aliphatic heterocycles. The van der Waals surface area contributed by atoms with Gasteiger partial charge in [-0.1, -0.05) is 18.2 Å². The first-order chi connectivity index (χ1) is 13.5. The quantitative estimate of drug-likeness (QED) is 0.405. The molecule has 3 rings (SSSR count). The standard InChI is InChI=1S/C21H26N4O3/c1-16(19-15-18(26)7-8-20(19)27)22-23-21(28)9-10-24-11-13-25(14-12-24)17-5-3-2-4-6-17/h2-8,15,26-27H,9-14H2,1H3,(H,23,28)/b22-16+. The van der Waals surface area contributed by atoms with E-state index in [1.165, 1.54) is 23.9 Å². The number of phenols is 2. The Hall–Kier alpha value is -3.06. The second kappa shape index (κ2) is 9.23. The minimum atomic E-state index is -0.176. The van der Waals surface area contributed by atoms with Crippen molar-refractivity contribution >= 4 is 17.3 Å². The van der Waals surface area contributed by atoms with Gasteiger partial charge in [-0.2, -0.15) is 5.10 Å². The van der Waals surface area contributed by atoms with Crippen molar-refractivity contribution in [2.75, 3.05) is 37.6 Å². The summed E-state index contributed by atoms with van der Waals surface area (Å²) in [7, 11) is 0. The van der Waals surface area contributed by atoms with E-state index in [1.54, 1.807) is 6.92 Å². The number of nitrogens with zero attached hydrogens (tertiary/aromatic N) is 3. The molecule has 7 heteroatoms. The number of amides is 1. The molecule has 0 radical (unpaired) electrons. The highest BCUT2D eigenvalue weighted by Gasteiger charge is 2.17. The summed E-state index contributed by atoms with van der Waals surface area (Å²) in [5.41, 5.74) is 4.57. The SMILES string of the molecule is C/C(=N\NC(=O)CCN1CCN(c2ccccc2)CC1)c1cc(O)ccc1O. The van der Waals surface area contributed by atoms with E-state index in [4.69, 9.17) is 0 Å². The maximum Gasteiger partial charge on any atom is 0.241 e. The van der Waals surface area contributed by atoms with Crippen LogP contribution in [-0.4, -0.2) is 59.5 Å². The van der Waals surface area contributed by atoms with Crippen LogP contribution < -0.4 is 10.3 Å². The molecule has 1 aliphatic rings. The topological polar surface area (TPSA) is 88.4 Å². The fraction of sp³-hybridized carbons (Fsp3) is 0.333. The number of carbonyl (C=O) groups excluding carboxylic acids is 1. The van der Waals surface area contributed by atoms with Crippen LogP contribution in [0, 0.1) is 0 Å². The van der Waals surface area contributed by atoms with Gasteiger partial charge in [0.15, 0.2) is 0 Å². The van der Waals surface area contributed by atoms with Crippen LogP contribution in [0.25, 0.3) is 0 Å². The van der Waals surface area contributed by atoms with Crippen LogP contribution >= 0.6 is 0 Å². The second-order valence-corrected chi connectivity index (χ2v) is 6.85. The Labute approximate surface area is 164 Å². The Morgan fingerprint density at radius 2 is 1.79 bits per heavy atom. The number of anilines is 1. The van der Waals surface area contributed by atoms with Gasteiger partial charge in [0.2, 0.25) is 5.91 Å². The van der Waals surface area contributed by atoms with Crippen LogP contribution in [0.1, 0.15) is 18.9 Å². The molecule has 0 aliphatic carbocycles. The third kappa shape index (κ3) is 5.23. The molecule has 0 atom stereocenters. The van der Waals surface area contributed by atoms with Crippen molar-refractivity contribution < 1.29 is 15.0 Å². The lowest BCUT2D eigenvalue weighted by atomic mass is 10.1. The molecule has 7 nitrogen and oxygen atoms in total. The van der Waals surface area contributed by atoms with E-state index in [-0.39, 0.29) is 17.4 Å². The van der Waals surface area contributed by atoms with E-state index in [0.29, 0.717) is 24.2 Å². The number of benzene rings is 2. The lowest BCUT2D eigenvalue weighted by Crippen LogP contribution is -2.47. The van der Waals surface area contributed by atoms with E-state index in [0.717, 1.165) is 26.2 Å². The Morgan fingerprint density at radius 1 is 1.07 bits per heavy atom. The molecule has 0 saturated carbocycles. The summed E-state index contributed by atoms with van der Waals surface area (Å²) in [4.78, 5) is 16.7. The normalized spacial score (nSPS) is 15.5. The van der Waals surface area contributed by atoms with Crippen molar-refractivity contribution in [3.63, 3.8) is 0 Å². The summed E-state index contributed by atoms with van der Waals surface area (Å²) in [6, 6.07) is 14.5. The first kappa shape index (κ1) is 19.7. The number of rotatable bonds is 6. The second-order valence-electron chi connectivity index (χ2n) is 6.85. The zero-order chi connectivity index (χ0) is 19.9. The fourth-order valence-electron chi connectivity index (χ4n) is 3.20. The molecule has 0 bridgehead atoms. The smallest absolute Gasteiger partial charge is 0.241 e. The van der Waals surface area contributed by atoms with Crippen LogP contribution in [0.4, 0.5) is 5.69 Å². The predicted octanol–water partition coefficient (Wildman–Crippen LogP) is 2.15. The van der Waals surface area contributed by atoms with Crippen LogP contribution in [0.15, 0.2) is 53.6 Å². The molecule has 1 saturated heterocycles.